The largest absolute Gasteiger partial charge is 0.398 e. The summed E-state index contributed by atoms with van der Waals surface area (Å²) in [5.74, 6) is -1.09. The van der Waals surface area contributed by atoms with Gasteiger partial charge in [-0.15, -0.1) is 0 Å². The maximum absolute atomic E-state index is 12.0. The predicted octanol–water partition coefficient (Wildman–Crippen LogP) is 1.12. The Morgan fingerprint density at radius 3 is 2.71 bits per heavy atom. The first-order valence-electron chi connectivity index (χ1n) is 7.04. The first-order chi connectivity index (χ1) is 11.6. The van der Waals surface area contributed by atoms with E-state index in [0.717, 1.165) is 11.8 Å². The van der Waals surface area contributed by atoms with Crippen LogP contribution in [0.2, 0.25) is 0 Å². The summed E-state index contributed by atoms with van der Waals surface area (Å²) >= 11 is 0. The molecule has 1 aromatic carbocycles. The molecule has 0 atom stereocenters. The van der Waals surface area contributed by atoms with Gasteiger partial charge in [-0.3, -0.25) is 14.6 Å². The van der Waals surface area contributed by atoms with E-state index in [4.69, 9.17) is 11.0 Å². The molecule has 120 valence electrons. The van der Waals surface area contributed by atoms with E-state index in [1.165, 1.54) is 0 Å². The van der Waals surface area contributed by atoms with Crippen molar-refractivity contribution in [3.8, 4) is 6.07 Å². The van der Waals surface area contributed by atoms with Crippen LogP contribution in [0, 0.1) is 11.3 Å². The van der Waals surface area contributed by atoms with Gasteiger partial charge in [0.25, 0.3) is 11.8 Å². The second-order valence-electron chi connectivity index (χ2n) is 4.77. The number of carbonyl (C=O) groups excluding carboxylic acids is 2. The number of rotatable bonds is 5. The molecule has 24 heavy (non-hydrogen) atoms. The number of pyridine rings is 1. The zero-order valence-electron chi connectivity index (χ0n) is 12.7. The molecule has 1 heterocycles. The van der Waals surface area contributed by atoms with Crippen molar-refractivity contribution in [1.29, 1.82) is 5.26 Å². The van der Waals surface area contributed by atoms with Crippen LogP contribution in [0.4, 0.5) is 5.69 Å². The zero-order chi connectivity index (χ0) is 17.4. The van der Waals surface area contributed by atoms with E-state index in [-0.39, 0.29) is 17.7 Å². The summed E-state index contributed by atoms with van der Waals surface area (Å²) in [7, 11) is 0. The molecule has 0 spiro atoms. The highest BCUT2D eigenvalue weighted by molar-refractivity contribution is 6.01. The number of hydrogen-bond acceptors (Lipinski definition) is 5. The van der Waals surface area contributed by atoms with E-state index in [0.29, 0.717) is 5.69 Å². The van der Waals surface area contributed by atoms with Crippen LogP contribution in [-0.2, 0) is 11.3 Å². The molecule has 0 saturated carbocycles. The number of carbonyl (C=O) groups is 2. The molecule has 0 saturated heterocycles. The lowest BCUT2D eigenvalue weighted by Gasteiger charge is -2.06. The second-order valence-corrected chi connectivity index (χ2v) is 4.77. The van der Waals surface area contributed by atoms with Crippen molar-refractivity contribution < 1.29 is 9.59 Å². The minimum absolute atomic E-state index is 0.221. The molecule has 2 aromatic rings. The normalized spacial score (nSPS) is 10.5. The fourth-order valence-corrected chi connectivity index (χ4v) is 1.85. The minimum atomic E-state index is -0.595. The Bertz CT molecular complexity index is 809. The number of para-hydroxylation sites is 1. The molecule has 0 aliphatic carbocycles. The molecular weight excluding hydrogens is 306 g/mol. The van der Waals surface area contributed by atoms with Crippen molar-refractivity contribution in [3.63, 3.8) is 0 Å². The first-order valence-corrected chi connectivity index (χ1v) is 7.04. The van der Waals surface area contributed by atoms with Gasteiger partial charge in [0.2, 0.25) is 0 Å². The van der Waals surface area contributed by atoms with E-state index >= 15 is 0 Å². The standard InChI is InChI=1S/C17H15N5O2/c18-8-13(16(23)21-10-12-4-3-7-20-9-12)11-22-17(24)14-5-1-2-6-15(14)19/h1-7,9,11H,10,19H2,(H,21,23)(H,22,24)/b13-11-. The smallest absolute Gasteiger partial charge is 0.263 e. The molecule has 0 aliphatic heterocycles. The van der Waals surface area contributed by atoms with Gasteiger partial charge in [0, 0.05) is 30.8 Å². The summed E-state index contributed by atoms with van der Waals surface area (Å²) in [5, 5.41) is 14.0. The number of nitrogens with one attached hydrogen (secondary N) is 2. The van der Waals surface area contributed by atoms with Gasteiger partial charge in [0.05, 0.1) is 5.56 Å². The summed E-state index contributed by atoms with van der Waals surface area (Å²) in [6.07, 6.45) is 4.29. The van der Waals surface area contributed by atoms with Crippen molar-refractivity contribution in [3.05, 3.63) is 71.7 Å². The zero-order valence-corrected chi connectivity index (χ0v) is 12.7. The number of anilines is 1. The maximum atomic E-state index is 12.0. The topological polar surface area (TPSA) is 121 Å². The fraction of sp³-hybridized carbons (Fsp3) is 0.0588. The van der Waals surface area contributed by atoms with Gasteiger partial charge in [0.1, 0.15) is 11.6 Å². The molecule has 7 nitrogen and oxygen atoms in total. The summed E-state index contributed by atoms with van der Waals surface area (Å²) < 4.78 is 0. The van der Waals surface area contributed by atoms with Crippen LogP contribution in [0.5, 0.6) is 0 Å². The van der Waals surface area contributed by atoms with Crippen LogP contribution < -0.4 is 16.4 Å². The average Bonchev–Trinajstić information content (AvgIpc) is 2.61. The average molecular weight is 321 g/mol. The van der Waals surface area contributed by atoms with E-state index in [9.17, 15) is 9.59 Å². The van der Waals surface area contributed by atoms with Crippen LogP contribution in [0.3, 0.4) is 0 Å². The Labute approximate surface area is 138 Å². The molecule has 2 rings (SSSR count). The summed E-state index contributed by atoms with van der Waals surface area (Å²) in [5.41, 5.74) is 6.85. The van der Waals surface area contributed by atoms with Crippen LogP contribution in [0.15, 0.2) is 60.6 Å². The lowest BCUT2D eigenvalue weighted by molar-refractivity contribution is -0.117. The molecule has 1 aromatic heterocycles. The third-order valence-electron chi connectivity index (χ3n) is 3.09. The number of nitrogens with zero attached hydrogens (tertiary/aromatic N) is 2. The molecule has 0 bridgehead atoms. The summed E-state index contributed by atoms with van der Waals surface area (Å²) in [4.78, 5) is 27.9. The highest BCUT2D eigenvalue weighted by atomic mass is 16.2. The van der Waals surface area contributed by atoms with Crippen molar-refractivity contribution in [2.75, 3.05) is 5.73 Å². The number of hydrogen-bond donors (Lipinski definition) is 3. The van der Waals surface area contributed by atoms with Gasteiger partial charge >= 0.3 is 0 Å². The van der Waals surface area contributed by atoms with Crippen molar-refractivity contribution in [1.82, 2.24) is 15.6 Å². The molecule has 4 N–H and O–H groups in total. The third kappa shape index (κ3) is 4.42. The minimum Gasteiger partial charge on any atom is -0.398 e. The molecule has 0 radical (unpaired) electrons. The fourth-order valence-electron chi connectivity index (χ4n) is 1.85. The van der Waals surface area contributed by atoms with Gasteiger partial charge in [-0.25, -0.2) is 0 Å². The Morgan fingerprint density at radius 2 is 2.04 bits per heavy atom. The second kappa shape index (κ2) is 8.10. The monoisotopic (exact) mass is 321 g/mol. The SMILES string of the molecule is N#C/C(=C/NC(=O)c1ccccc1N)C(=O)NCc1cccnc1. The maximum Gasteiger partial charge on any atom is 0.263 e. The molecule has 7 heteroatoms. The quantitative estimate of drug-likeness (QED) is 0.433. The van der Waals surface area contributed by atoms with Crippen molar-refractivity contribution >= 4 is 17.5 Å². The Kier molecular flexibility index (Phi) is 5.64. The Hall–Kier alpha value is -3.66. The number of nitrogens with two attached hydrogens (primary N) is 1. The van der Waals surface area contributed by atoms with E-state index in [2.05, 4.69) is 15.6 Å². The lowest BCUT2D eigenvalue weighted by Crippen LogP contribution is -2.26. The third-order valence-corrected chi connectivity index (χ3v) is 3.09. The predicted molar refractivity (Wildman–Crippen MR) is 88.1 cm³/mol. The van der Waals surface area contributed by atoms with Gasteiger partial charge in [0.15, 0.2) is 0 Å². The van der Waals surface area contributed by atoms with Crippen LogP contribution in [0.1, 0.15) is 15.9 Å². The van der Waals surface area contributed by atoms with E-state index in [1.807, 2.05) is 0 Å². The van der Waals surface area contributed by atoms with E-state index in [1.54, 1.807) is 54.9 Å². The van der Waals surface area contributed by atoms with Crippen LogP contribution in [-0.4, -0.2) is 16.8 Å². The Balaban J connectivity index is 1.98. The number of amides is 2. The number of benzene rings is 1. The van der Waals surface area contributed by atoms with Crippen molar-refractivity contribution in [2.45, 2.75) is 6.54 Å². The van der Waals surface area contributed by atoms with Gasteiger partial charge < -0.3 is 16.4 Å². The molecule has 2 amide bonds. The van der Waals surface area contributed by atoms with Gasteiger partial charge in [-0.1, -0.05) is 18.2 Å². The van der Waals surface area contributed by atoms with Crippen LogP contribution in [0.25, 0.3) is 0 Å². The summed E-state index contributed by atoms with van der Waals surface area (Å²) in [6.45, 7) is 0.227. The molecule has 0 aliphatic rings. The highest BCUT2D eigenvalue weighted by Gasteiger charge is 2.11. The van der Waals surface area contributed by atoms with Gasteiger partial charge in [-0.2, -0.15) is 5.26 Å². The molecule has 0 unspecified atom stereocenters. The highest BCUT2D eigenvalue weighted by Crippen LogP contribution is 2.10. The van der Waals surface area contributed by atoms with Gasteiger partial charge in [-0.05, 0) is 23.8 Å². The Morgan fingerprint density at radius 1 is 1.25 bits per heavy atom. The molecular formula is C17H15N5O2. The lowest BCUT2D eigenvalue weighted by atomic mass is 10.1. The van der Waals surface area contributed by atoms with Crippen LogP contribution >= 0.6 is 0 Å². The number of aromatic nitrogens is 1. The molecule has 0 fully saturated rings. The number of nitrogen functional groups attached to an aromatic ring is 1. The van der Waals surface area contributed by atoms with Crippen molar-refractivity contribution in [2.24, 2.45) is 0 Å². The first kappa shape index (κ1) is 16.7. The number of nitriles is 1. The van der Waals surface area contributed by atoms with E-state index < -0.39 is 11.8 Å². The summed E-state index contributed by atoms with van der Waals surface area (Å²) in [6, 6.07) is 11.8.